The summed E-state index contributed by atoms with van der Waals surface area (Å²) in [5, 5.41) is 0.691. The molecule has 0 aliphatic heterocycles. The maximum atomic E-state index is 6.23. The second-order valence-corrected chi connectivity index (χ2v) is 4.53. The topological polar surface area (TPSA) is 35.2 Å². The molecule has 1 rings (SSSR count). The van der Waals surface area contributed by atoms with Gasteiger partial charge in [0.05, 0.1) is 11.6 Å². The third-order valence-corrected chi connectivity index (χ3v) is 2.76. The minimum absolute atomic E-state index is 0.400. The average molecular weight is 242 g/mol. The van der Waals surface area contributed by atoms with E-state index in [0.717, 1.165) is 17.7 Å². The second kappa shape index (κ2) is 6.12. The van der Waals surface area contributed by atoms with Crippen LogP contribution in [0.15, 0.2) is 12.1 Å². The molecule has 0 spiro atoms. The molecule has 0 aliphatic carbocycles. The van der Waals surface area contributed by atoms with Gasteiger partial charge in [-0.05, 0) is 43.0 Å². The van der Waals surface area contributed by atoms with E-state index in [1.54, 1.807) is 0 Å². The lowest BCUT2D eigenvalue weighted by atomic mass is 9.98. The maximum absolute atomic E-state index is 6.23. The van der Waals surface area contributed by atoms with Gasteiger partial charge < -0.3 is 10.5 Å². The molecular formula is C13H20ClNO. The molecule has 0 amide bonds. The van der Waals surface area contributed by atoms with Gasteiger partial charge in [0, 0.05) is 0 Å². The normalized spacial score (nSPS) is 10.9. The Bertz CT molecular complexity index is 350. The molecule has 1 aromatic rings. The van der Waals surface area contributed by atoms with Crippen molar-refractivity contribution in [2.75, 3.05) is 13.2 Å². The number of rotatable bonds is 5. The lowest BCUT2D eigenvalue weighted by molar-refractivity contribution is 0.335. The summed E-state index contributed by atoms with van der Waals surface area (Å²) in [4.78, 5) is 0. The number of ether oxygens (including phenoxy) is 1. The number of hydrogen-bond acceptors (Lipinski definition) is 2. The molecule has 0 fully saturated rings. The molecule has 16 heavy (non-hydrogen) atoms. The van der Waals surface area contributed by atoms with E-state index in [2.05, 4.69) is 19.9 Å². The Hall–Kier alpha value is -0.730. The van der Waals surface area contributed by atoms with Crippen molar-refractivity contribution in [1.82, 2.24) is 0 Å². The average Bonchev–Trinajstić information content (AvgIpc) is 2.22. The molecule has 0 unspecified atom stereocenters. The van der Waals surface area contributed by atoms with Crippen LogP contribution in [-0.2, 0) is 6.42 Å². The van der Waals surface area contributed by atoms with Gasteiger partial charge in [0.1, 0.15) is 5.75 Å². The van der Waals surface area contributed by atoms with Crippen molar-refractivity contribution in [3.05, 3.63) is 28.3 Å². The fourth-order valence-corrected chi connectivity index (χ4v) is 2.01. The van der Waals surface area contributed by atoms with E-state index in [-0.39, 0.29) is 0 Å². The first kappa shape index (κ1) is 13.3. The Morgan fingerprint density at radius 2 is 2.06 bits per heavy atom. The standard InChI is InChI=1S/C13H20ClNO/c1-4-16-13-11(9(2)3)7-10(5-6-15)8-12(13)14/h7-9H,4-6,15H2,1-3H3. The quantitative estimate of drug-likeness (QED) is 0.858. The molecule has 2 N–H and O–H groups in total. The molecule has 0 heterocycles. The minimum Gasteiger partial charge on any atom is -0.492 e. The molecule has 1 aromatic carbocycles. The zero-order valence-electron chi connectivity index (χ0n) is 10.2. The summed E-state index contributed by atoms with van der Waals surface area (Å²) in [6, 6.07) is 4.10. The molecule has 0 radical (unpaired) electrons. The summed E-state index contributed by atoms with van der Waals surface area (Å²) in [6.45, 7) is 7.52. The molecule has 3 heteroatoms. The highest BCUT2D eigenvalue weighted by molar-refractivity contribution is 6.32. The van der Waals surface area contributed by atoms with Crippen molar-refractivity contribution >= 4 is 11.6 Å². The van der Waals surface area contributed by atoms with Gasteiger partial charge in [0.15, 0.2) is 0 Å². The Morgan fingerprint density at radius 3 is 2.56 bits per heavy atom. The van der Waals surface area contributed by atoms with Crippen molar-refractivity contribution < 1.29 is 4.74 Å². The summed E-state index contributed by atoms with van der Waals surface area (Å²) < 4.78 is 5.60. The van der Waals surface area contributed by atoms with E-state index in [1.807, 2.05) is 13.0 Å². The predicted octanol–water partition coefficient (Wildman–Crippen LogP) is 3.36. The SMILES string of the molecule is CCOc1c(Cl)cc(CCN)cc1C(C)C. The maximum Gasteiger partial charge on any atom is 0.141 e. The van der Waals surface area contributed by atoms with E-state index in [9.17, 15) is 0 Å². The molecule has 0 saturated carbocycles. The van der Waals surface area contributed by atoms with Crippen LogP contribution in [0.3, 0.4) is 0 Å². The molecular weight excluding hydrogens is 222 g/mol. The largest absolute Gasteiger partial charge is 0.492 e. The van der Waals surface area contributed by atoms with Crippen LogP contribution in [0.25, 0.3) is 0 Å². The molecule has 0 aliphatic rings. The lowest BCUT2D eigenvalue weighted by Crippen LogP contribution is -2.05. The van der Waals surface area contributed by atoms with E-state index < -0.39 is 0 Å². The van der Waals surface area contributed by atoms with Crippen LogP contribution in [0.1, 0.15) is 37.8 Å². The molecule has 0 saturated heterocycles. The van der Waals surface area contributed by atoms with Crippen molar-refractivity contribution in [2.24, 2.45) is 5.73 Å². The fourth-order valence-electron chi connectivity index (χ4n) is 1.71. The van der Waals surface area contributed by atoms with Gasteiger partial charge in [-0.2, -0.15) is 0 Å². The third kappa shape index (κ3) is 3.13. The number of benzene rings is 1. The van der Waals surface area contributed by atoms with E-state index in [4.69, 9.17) is 22.1 Å². The number of hydrogen-bond donors (Lipinski definition) is 1. The Morgan fingerprint density at radius 1 is 1.38 bits per heavy atom. The third-order valence-electron chi connectivity index (χ3n) is 2.48. The lowest BCUT2D eigenvalue weighted by Gasteiger charge is -2.16. The monoisotopic (exact) mass is 241 g/mol. The van der Waals surface area contributed by atoms with Crippen molar-refractivity contribution in [3.63, 3.8) is 0 Å². The highest BCUT2D eigenvalue weighted by Gasteiger charge is 2.13. The summed E-state index contributed by atoms with van der Waals surface area (Å²) in [6.07, 6.45) is 0.853. The van der Waals surface area contributed by atoms with Crippen LogP contribution in [0.4, 0.5) is 0 Å². The van der Waals surface area contributed by atoms with Gasteiger partial charge in [-0.1, -0.05) is 31.5 Å². The summed E-state index contributed by atoms with van der Waals surface area (Å²) >= 11 is 6.23. The zero-order chi connectivity index (χ0) is 12.1. The Labute approximate surface area is 103 Å². The van der Waals surface area contributed by atoms with Crippen LogP contribution in [-0.4, -0.2) is 13.2 Å². The van der Waals surface area contributed by atoms with Crippen LogP contribution < -0.4 is 10.5 Å². The van der Waals surface area contributed by atoms with E-state index in [0.29, 0.717) is 24.1 Å². The predicted molar refractivity (Wildman–Crippen MR) is 69.5 cm³/mol. The summed E-state index contributed by atoms with van der Waals surface area (Å²) in [5.74, 6) is 1.22. The molecule has 0 aromatic heterocycles. The first-order valence-electron chi connectivity index (χ1n) is 5.75. The fraction of sp³-hybridized carbons (Fsp3) is 0.538. The molecule has 0 atom stereocenters. The van der Waals surface area contributed by atoms with Gasteiger partial charge in [-0.3, -0.25) is 0 Å². The molecule has 2 nitrogen and oxygen atoms in total. The highest BCUT2D eigenvalue weighted by atomic mass is 35.5. The molecule has 0 bridgehead atoms. The van der Waals surface area contributed by atoms with E-state index >= 15 is 0 Å². The van der Waals surface area contributed by atoms with Crippen LogP contribution in [0.5, 0.6) is 5.75 Å². The van der Waals surface area contributed by atoms with E-state index in [1.165, 1.54) is 5.56 Å². The highest BCUT2D eigenvalue weighted by Crippen LogP contribution is 2.35. The Balaban J connectivity index is 3.16. The first-order valence-corrected chi connectivity index (χ1v) is 6.13. The van der Waals surface area contributed by atoms with Crippen LogP contribution >= 0.6 is 11.6 Å². The van der Waals surface area contributed by atoms with Crippen molar-refractivity contribution in [3.8, 4) is 5.75 Å². The summed E-state index contributed by atoms with van der Waals surface area (Å²) in [5.41, 5.74) is 7.90. The van der Waals surface area contributed by atoms with Crippen molar-refractivity contribution in [1.29, 1.82) is 0 Å². The Kier molecular flexibility index (Phi) is 5.10. The van der Waals surface area contributed by atoms with Gasteiger partial charge in [-0.25, -0.2) is 0 Å². The second-order valence-electron chi connectivity index (χ2n) is 4.12. The number of nitrogens with two attached hydrogens (primary N) is 1. The number of halogens is 1. The van der Waals surface area contributed by atoms with Gasteiger partial charge in [-0.15, -0.1) is 0 Å². The zero-order valence-corrected chi connectivity index (χ0v) is 11.0. The van der Waals surface area contributed by atoms with Gasteiger partial charge >= 0.3 is 0 Å². The van der Waals surface area contributed by atoms with Crippen molar-refractivity contribution in [2.45, 2.75) is 33.1 Å². The summed E-state index contributed by atoms with van der Waals surface area (Å²) in [7, 11) is 0. The smallest absolute Gasteiger partial charge is 0.141 e. The molecule has 90 valence electrons. The van der Waals surface area contributed by atoms with Crippen LogP contribution in [0, 0.1) is 0 Å². The van der Waals surface area contributed by atoms with Gasteiger partial charge in [0.2, 0.25) is 0 Å². The minimum atomic E-state index is 0.400. The first-order chi connectivity index (χ1) is 7.60. The van der Waals surface area contributed by atoms with Crippen LogP contribution in [0.2, 0.25) is 5.02 Å². The van der Waals surface area contributed by atoms with Gasteiger partial charge in [0.25, 0.3) is 0 Å².